The summed E-state index contributed by atoms with van der Waals surface area (Å²) >= 11 is 7.86. The Hall–Kier alpha value is -0.900. The highest BCUT2D eigenvalue weighted by atomic mass is 35.5. The molecule has 3 rings (SSSR count). The Morgan fingerprint density at radius 2 is 2.32 bits per heavy atom. The predicted molar refractivity (Wildman–Crippen MR) is 80.9 cm³/mol. The van der Waals surface area contributed by atoms with E-state index < -0.39 is 0 Å². The molecular formula is C15H17ClN2S. The van der Waals surface area contributed by atoms with Crippen molar-refractivity contribution in [3.63, 3.8) is 0 Å². The van der Waals surface area contributed by atoms with Gasteiger partial charge < -0.3 is 5.73 Å². The fraction of sp³-hybridized carbons (Fsp3) is 0.400. The topological polar surface area (TPSA) is 38.9 Å². The van der Waals surface area contributed by atoms with Gasteiger partial charge in [-0.3, -0.25) is 0 Å². The third-order valence-electron chi connectivity index (χ3n) is 3.66. The lowest BCUT2D eigenvalue weighted by Crippen LogP contribution is -2.21. The molecule has 0 amide bonds. The van der Waals surface area contributed by atoms with Crippen molar-refractivity contribution in [3.8, 4) is 0 Å². The molecule has 4 heteroatoms. The highest BCUT2D eigenvalue weighted by Crippen LogP contribution is 2.30. The zero-order chi connectivity index (χ0) is 13.2. The van der Waals surface area contributed by atoms with Crippen LogP contribution in [0.15, 0.2) is 24.3 Å². The molecule has 0 radical (unpaired) electrons. The Morgan fingerprint density at radius 1 is 1.42 bits per heavy atom. The second-order valence-corrected chi connectivity index (χ2v) is 6.73. The molecule has 1 aromatic heterocycles. The zero-order valence-electron chi connectivity index (χ0n) is 10.7. The van der Waals surface area contributed by atoms with Crippen LogP contribution in [0.2, 0.25) is 5.02 Å². The number of thiazole rings is 1. The van der Waals surface area contributed by atoms with Crippen LogP contribution >= 0.6 is 22.9 Å². The number of fused-ring (bicyclic) bond motifs is 1. The molecule has 0 fully saturated rings. The number of hydrogen-bond donors (Lipinski definition) is 1. The molecule has 2 nitrogen and oxygen atoms in total. The number of benzene rings is 1. The zero-order valence-corrected chi connectivity index (χ0v) is 12.3. The molecule has 1 atom stereocenters. The minimum atomic E-state index is 0.645. The Bertz CT molecular complexity index is 579. The Labute approximate surface area is 122 Å². The molecular weight excluding hydrogens is 276 g/mol. The van der Waals surface area contributed by atoms with Crippen LogP contribution in [-0.4, -0.2) is 11.5 Å². The van der Waals surface area contributed by atoms with Gasteiger partial charge in [0, 0.05) is 16.3 Å². The summed E-state index contributed by atoms with van der Waals surface area (Å²) in [6.45, 7) is 0.793. The molecule has 19 heavy (non-hydrogen) atoms. The summed E-state index contributed by atoms with van der Waals surface area (Å²) in [7, 11) is 0. The van der Waals surface area contributed by atoms with E-state index in [-0.39, 0.29) is 0 Å². The molecule has 0 saturated heterocycles. The number of nitrogens with two attached hydrogens (primary N) is 1. The molecule has 1 aliphatic carbocycles. The Kier molecular flexibility index (Phi) is 3.87. The maximum Gasteiger partial charge on any atom is 0.0974 e. The number of aromatic nitrogens is 1. The molecule has 2 aromatic rings. The van der Waals surface area contributed by atoms with Gasteiger partial charge in [0.05, 0.1) is 10.7 Å². The summed E-state index contributed by atoms with van der Waals surface area (Å²) in [6, 6.07) is 8.03. The van der Waals surface area contributed by atoms with Gasteiger partial charge in [0.2, 0.25) is 0 Å². The van der Waals surface area contributed by atoms with Crippen molar-refractivity contribution in [1.82, 2.24) is 4.98 Å². The van der Waals surface area contributed by atoms with E-state index in [2.05, 4.69) is 6.07 Å². The molecule has 2 N–H and O–H groups in total. The van der Waals surface area contributed by atoms with Gasteiger partial charge in [-0.05, 0) is 49.4 Å². The van der Waals surface area contributed by atoms with Crippen LogP contribution in [-0.2, 0) is 19.3 Å². The van der Waals surface area contributed by atoms with Gasteiger partial charge in [-0.1, -0.05) is 23.7 Å². The summed E-state index contributed by atoms with van der Waals surface area (Å²) in [5.74, 6) is 0.645. The second kappa shape index (κ2) is 5.61. The first-order valence-corrected chi connectivity index (χ1v) is 7.86. The highest BCUT2D eigenvalue weighted by Gasteiger charge is 2.21. The first kappa shape index (κ1) is 13.1. The number of nitrogens with zero attached hydrogens (tertiary/aromatic N) is 1. The van der Waals surface area contributed by atoms with Gasteiger partial charge in [-0.15, -0.1) is 11.3 Å². The van der Waals surface area contributed by atoms with E-state index in [9.17, 15) is 0 Å². The largest absolute Gasteiger partial charge is 0.330 e. The van der Waals surface area contributed by atoms with E-state index in [4.69, 9.17) is 22.3 Å². The number of aryl methyl sites for hydroxylation is 1. The fourth-order valence-corrected chi connectivity index (χ4v) is 4.07. The summed E-state index contributed by atoms with van der Waals surface area (Å²) in [4.78, 5) is 6.22. The van der Waals surface area contributed by atoms with Crippen molar-refractivity contribution in [2.24, 2.45) is 11.7 Å². The monoisotopic (exact) mass is 292 g/mol. The summed E-state index contributed by atoms with van der Waals surface area (Å²) in [6.07, 6.45) is 4.26. The van der Waals surface area contributed by atoms with Gasteiger partial charge in [0.1, 0.15) is 0 Å². The van der Waals surface area contributed by atoms with Crippen molar-refractivity contribution in [2.45, 2.75) is 25.7 Å². The third-order valence-corrected chi connectivity index (χ3v) is 5.02. The van der Waals surface area contributed by atoms with Crippen molar-refractivity contribution >= 4 is 22.9 Å². The highest BCUT2D eigenvalue weighted by molar-refractivity contribution is 7.11. The summed E-state index contributed by atoms with van der Waals surface area (Å²) < 4.78 is 0. The van der Waals surface area contributed by atoms with Crippen LogP contribution in [0.3, 0.4) is 0 Å². The first-order valence-electron chi connectivity index (χ1n) is 6.66. The molecule has 0 spiro atoms. The molecule has 0 saturated carbocycles. The molecule has 0 bridgehead atoms. The van der Waals surface area contributed by atoms with E-state index in [1.807, 2.05) is 29.5 Å². The van der Waals surface area contributed by atoms with Crippen molar-refractivity contribution in [3.05, 3.63) is 50.4 Å². The third kappa shape index (κ3) is 2.99. The molecule has 1 aromatic carbocycles. The first-order chi connectivity index (χ1) is 9.24. The van der Waals surface area contributed by atoms with Crippen molar-refractivity contribution in [2.75, 3.05) is 6.54 Å². The van der Waals surface area contributed by atoms with Gasteiger partial charge >= 0.3 is 0 Å². The van der Waals surface area contributed by atoms with Gasteiger partial charge in [0.25, 0.3) is 0 Å². The van der Waals surface area contributed by atoms with E-state index in [0.29, 0.717) is 5.92 Å². The maximum absolute atomic E-state index is 6.02. The predicted octanol–water partition coefficient (Wildman–Crippen LogP) is 3.45. The smallest absolute Gasteiger partial charge is 0.0974 e. The van der Waals surface area contributed by atoms with Crippen LogP contribution < -0.4 is 5.73 Å². The van der Waals surface area contributed by atoms with Crippen LogP contribution in [0.25, 0.3) is 0 Å². The van der Waals surface area contributed by atoms with E-state index in [0.717, 1.165) is 30.8 Å². The van der Waals surface area contributed by atoms with Crippen molar-refractivity contribution in [1.29, 1.82) is 0 Å². The standard InChI is InChI=1S/C15H17ClN2S/c16-12-3-1-2-10(6-12)8-15-18-13-5-4-11(9-17)7-14(13)19-15/h1-3,6,11H,4-5,7-9,17H2. The van der Waals surface area contributed by atoms with E-state index in [1.54, 1.807) is 0 Å². The maximum atomic E-state index is 6.02. The van der Waals surface area contributed by atoms with Crippen LogP contribution in [0.4, 0.5) is 0 Å². The minimum absolute atomic E-state index is 0.645. The Morgan fingerprint density at radius 3 is 3.11 bits per heavy atom. The van der Waals surface area contributed by atoms with Gasteiger partial charge in [-0.2, -0.15) is 0 Å². The van der Waals surface area contributed by atoms with E-state index in [1.165, 1.54) is 27.6 Å². The molecule has 1 unspecified atom stereocenters. The summed E-state index contributed by atoms with van der Waals surface area (Å²) in [5, 5.41) is 1.99. The molecule has 1 aliphatic rings. The van der Waals surface area contributed by atoms with Crippen LogP contribution in [0, 0.1) is 5.92 Å². The normalized spacial score (nSPS) is 18.3. The Balaban J connectivity index is 1.78. The second-order valence-electron chi connectivity index (χ2n) is 5.13. The molecule has 100 valence electrons. The van der Waals surface area contributed by atoms with Gasteiger partial charge in [0.15, 0.2) is 0 Å². The lowest BCUT2D eigenvalue weighted by molar-refractivity contribution is 0.469. The van der Waals surface area contributed by atoms with Crippen LogP contribution in [0.5, 0.6) is 0 Å². The van der Waals surface area contributed by atoms with Crippen LogP contribution in [0.1, 0.15) is 27.6 Å². The minimum Gasteiger partial charge on any atom is -0.330 e. The number of halogens is 1. The quantitative estimate of drug-likeness (QED) is 0.941. The van der Waals surface area contributed by atoms with E-state index >= 15 is 0 Å². The molecule has 0 aliphatic heterocycles. The fourth-order valence-electron chi connectivity index (χ4n) is 2.60. The van der Waals surface area contributed by atoms with Gasteiger partial charge in [-0.25, -0.2) is 4.98 Å². The lowest BCUT2D eigenvalue weighted by atomic mass is 9.91. The number of rotatable bonds is 3. The SMILES string of the molecule is NCC1CCc2nc(Cc3cccc(Cl)c3)sc2C1. The average molecular weight is 293 g/mol. The average Bonchev–Trinajstić information content (AvgIpc) is 2.79. The van der Waals surface area contributed by atoms with Crippen molar-refractivity contribution < 1.29 is 0 Å². The summed E-state index contributed by atoms with van der Waals surface area (Å²) in [5.41, 5.74) is 8.31. The number of hydrogen-bond acceptors (Lipinski definition) is 3. The molecule has 1 heterocycles. The lowest BCUT2D eigenvalue weighted by Gasteiger charge is -2.18.